The van der Waals surface area contributed by atoms with Crippen LogP contribution in [0.3, 0.4) is 0 Å². The van der Waals surface area contributed by atoms with Crippen LogP contribution in [0.2, 0.25) is 0 Å². The number of rotatable bonds is 10. The molecule has 0 unspecified atom stereocenters. The average Bonchev–Trinajstić information content (AvgIpc) is 3.00. The van der Waals surface area contributed by atoms with Crippen molar-refractivity contribution in [1.29, 1.82) is 0 Å². The molecule has 0 aliphatic carbocycles. The Balaban J connectivity index is 2.12. The molecule has 0 N–H and O–H groups in total. The molecule has 1 aromatic carbocycles. The fraction of sp³-hybridized carbons (Fsp3) is 0.550. The summed E-state index contributed by atoms with van der Waals surface area (Å²) in [6.45, 7) is 9.41. The van der Waals surface area contributed by atoms with Crippen molar-refractivity contribution >= 4 is 17.7 Å². The first-order chi connectivity index (χ1) is 12.9. The Bertz CT molecular complexity index is 708. The third-order valence-corrected chi connectivity index (χ3v) is 5.19. The molecule has 2 rings (SSSR count). The van der Waals surface area contributed by atoms with Gasteiger partial charge >= 0.3 is 0 Å². The van der Waals surface area contributed by atoms with Crippen molar-refractivity contribution in [1.82, 2.24) is 19.7 Å². The lowest BCUT2D eigenvalue weighted by Crippen LogP contribution is -2.43. The second-order valence-electron chi connectivity index (χ2n) is 6.98. The van der Waals surface area contributed by atoms with E-state index in [2.05, 4.69) is 26.9 Å². The Morgan fingerprint density at radius 3 is 2.41 bits per heavy atom. The maximum atomic E-state index is 12.6. The van der Waals surface area contributed by atoms with Crippen LogP contribution in [-0.2, 0) is 22.5 Å². The molecule has 6 nitrogen and oxygen atoms in total. The first-order valence-corrected chi connectivity index (χ1v) is 10.3. The Morgan fingerprint density at radius 1 is 1.15 bits per heavy atom. The summed E-state index contributed by atoms with van der Waals surface area (Å²) in [7, 11) is 1.68. The van der Waals surface area contributed by atoms with Crippen molar-refractivity contribution < 1.29 is 9.53 Å². The summed E-state index contributed by atoms with van der Waals surface area (Å²) in [5.74, 6) is 1.36. The molecule has 0 fully saturated rings. The van der Waals surface area contributed by atoms with Gasteiger partial charge in [-0.25, -0.2) is 0 Å². The van der Waals surface area contributed by atoms with Crippen LogP contribution in [0, 0.1) is 0 Å². The van der Waals surface area contributed by atoms with Gasteiger partial charge in [-0.1, -0.05) is 42.1 Å². The first kappa shape index (κ1) is 21.4. The number of ether oxygens (including phenoxy) is 1. The number of carbonyl (C=O) groups excluding carboxylic acids is 1. The zero-order valence-corrected chi connectivity index (χ0v) is 17.7. The van der Waals surface area contributed by atoms with Gasteiger partial charge < -0.3 is 14.2 Å². The van der Waals surface area contributed by atoms with Gasteiger partial charge in [-0.3, -0.25) is 4.79 Å². The zero-order chi connectivity index (χ0) is 19.8. The van der Waals surface area contributed by atoms with E-state index in [9.17, 15) is 4.79 Å². The minimum atomic E-state index is 0.121. The number of benzene rings is 1. The van der Waals surface area contributed by atoms with Gasteiger partial charge in [-0.15, -0.1) is 10.2 Å². The van der Waals surface area contributed by atoms with Gasteiger partial charge in [-0.05, 0) is 33.3 Å². The second-order valence-corrected chi connectivity index (χ2v) is 7.93. The van der Waals surface area contributed by atoms with Crippen molar-refractivity contribution in [3.63, 3.8) is 0 Å². The summed E-state index contributed by atoms with van der Waals surface area (Å²) in [4.78, 5) is 14.6. The van der Waals surface area contributed by atoms with E-state index in [1.54, 1.807) is 7.11 Å². The van der Waals surface area contributed by atoms with E-state index >= 15 is 0 Å². The van der Waals surface area contributed by atoms with Crippen LogP contribution in [0.25, 0.3) is 0 Å². The number of methoxy groups -OCH3 is 1. The number of amides is 1. The molecule has 2 aromatic rings. The van der Waals surface area contributed by atoms with E-state index in [1.165, 1.54) is 17.3 Å². The van der Waals surface area contributed by atoms with E-state index in [0.717, 1.165) is 11.0 Å². The SMILES string of the molecule is COCCn1c(Cc2ccccc2)nnc1SCC(=O)N(C(C)C)C(C)C. The van der Waals surface area contributed by atoms with Gasteiger partial charge in [0.25, 0.3) is 0 Å². The molecule has 148 valence electrons. The Labute approximate surface area is 166 Å². The Kier molecular flexibility index (Phi) is 8.31. The molecule has 0 bridgehead atoms. The van der Waals surface area contributed by atoms with Crippen molar-refractivity contribution in [3.05, 3.63) is 41.7 Å². The summed E-state index contributed by atoms with van der Waals surface area (Å²) >= 11 is 1.44. The highest BCUT2D eigenvalue weighted by atomic mass is 32.2. The number of carbonyl (C=O) groups is 1. The summed E-state index contributed by atoms with van der Waals surface area (Å²) in [5, 5.41) is 9.47. The van der Waals surface area contributed by atoms with Crippen molar-refractivity contribution in [2.45, 2.75) is 57.9 Å². The highest BCUT2D eigenvalue weighted by molar-refractivity contribution is 7.99. The molecule has 0 aliphatic rings. The lowest BCUT2D eigenvalue weighted by atomic mass is 10.1. The van der Waals surface area contributed by atoms with Gasteiger partial charge in [0.1, 0.15) is 5.82 Å². The molecule has 0 spiro atoms. The monoisotopic (exact) mass is 390 g/mol. The van der Waals surface area contributed by atoms with E-state index in [1.807, 2.05) is 50.8 Å². The van der Waals surface area contributed by atoms with Gasteiger partial charge in [0.2, 0.25) is 5.91 Å². The predicted molar refractivity (Wildman–Crippen MR) is 109 cm³/mol. The van der Waals surface area contributed by atoms with Crippen LogP contribution in [0.15, 0.2) is 35.5 Å². The normalized spacial score (nSPS) is 11.4. The van der Waals surface area contributed by atoms with Crippen LogP contribution in [-0.4, -0.2) is 57.1 Å². The maximum absolute atomic E-state index is 12.6. The molecule has 0 aliphatic heterocycles. The van der Waals surface area contributed by atoms with Crippen LogP contribution < -0.4 is 0 Å². The molecular weight excluding hydrogens is 360 g/mol. The largest absolute Gasteiger partial charge is 0.383 e. The third-order valence-electron chi connectivity index (χ3n) is 4.24. The molecule has 1 heterocycles. The lowest BCUT2D eigenvalue weighted by molar-refractivity contribution is -0.131. The average molecular weight is 391 g/mol. The smallest absolute Gasteiger partial charge is 0.233 e. The van der Waals surface area contributed by atoms with Crippen molar-refractivity contribution in [3.8, 4) is 0 Å². The van der Waals surface area contributed by atoms with Crippen LogP contribution >= 0.6 is 11.8 Å². The standard InChI is InChI=1S/C20H30N4O2S/c1-15(2)24(16(3)4)19(25)14-27-20-22-21-18(23(20)11-12-26-5)13-17-9-7-6-8-10-17/h6-10,15-16H,11-14H2,1-5H3. The summed E-state index contributed by atoms with van der Waals surface area (Å²) in [6.07, 6.45) is 0.705. The molecule has 1 aromatic heterocycles. The van der Waals surface area contributed by atoms with Crippen LogP contribution in [0.5, 0.6) is 0 Å². The number of hydrogen-bond donors (Lipinski definition) is 0. The fourth-order valence-electron chi connectivity index (χ4n) is 3.12. The van der Waals surface area contributed by atoms with Gasteiger partial charge in [0, 0.05) is 32.2 Å². The van der Waals surface area contributed by atoms with Crippen molar-refractivity contribution in [2.75, 3.05) is 19.5 Å². The first-order valence-electron chi connectivity index (χ1n) is 9.33. The number of thioether (sulfide) groups is 1. The molecule has 1 amide bonds. The van der Waals surface area contributed by atoms with Crippen LogP contribution in [0.4, 0.5) is 0 Å². The highest BCUT2D eigenvalue weighted by Crippen LogP contribution is 2.20. The zero-order valence-electron chi connectivity index (χ0n) is 16.9. The van der Waals surface area contributed by atoms with E-state index in [-0.39, 0.29) is 18.0 Å². The molecule has 0 saturated carbocycles. The summed E-state index contributed by atoms with van der Waals surface area (Å²) in [5.41, 5.74) is 1.18. The summed E-state index contributed by atoms with van der Waals surface area (Å²) < 4.78 is 7.30. The Hall–Kier alpha value is -1.86. The van der Waals surface area contributed by atoms with E-state index in [4.69, 9.17) is 4.74 Å². The molecule has 0 atom stereocenters. The highest BCUT2D eigenvalue weighted by Gasteiger charge is 2.21. The van der Waals surface area contributed by atoms with E-state index in [0.29, 0.717) is 25.3 Å². The number of nitrogens with zero attached hydrogens (tertiary/aromatic N) is 4. The van der Waals surface area contributed by atoms with Gasteiger partial charge in [0.05, 0.1) is 12.4 Å². The topological polar surface area (TPSA) is 60.2 Å². The number of hydrogen-bond acceptors (Lipinski definition) is 5. The van der Waals surface area contributed by atoms with Gasteiger partial charge in [-0.2, -0.15) is 0 Å². The van der Waals surface area contributed by atoms with Crippen LogP contribution in [0.1, 0.15) is 39.1 Å². The fourth-order valence-corrected chi connectivity index (χ4v) is 3.97. The quantitative estimate of drug-likeness (QED) is 0.583. The predicted octanol–water partition coefficient (Wildman–Crippen LogP) is 3.25. The molecule has 27 heavy (non-hydrogen) atoms. The maximum Gasteiger partial charge on any atom is 0.233 e. The minimum Gasteiger partial charge on any atom is -0.383 e. The molecule has 0 saturated heterocycles. The van der Waals surface area contributed by atoms with Crippen molar-refractivity contribution in [2.24, 2.45) is 0 Å². The minimum absolute atomic E-state index is 0.121. The molecule has 0 radical (unpaired) electrons. The second kappa shape index (κ2) is 10.5. The summed E-state index contributed by atoms with van der Waals surface area (Å²) in [6, 6.07) is 10.6. The lowest BCUT2D eigenvalue weighted by Gasteiger charge is -2.30. The van der Waals surface area contributed by atoms with E-state index < -0.39 is 0 Å². The van der Waals surface area contributed by atoms with Gasteiger partial charge in [0.15, 0.2) is 5.16 Å². The third kappa shape index (κ3) is 6.07. The molecular formula is C20H30N4O2S. The Morgan fingerprint density at radius 2 is 1.81 bits per heavy atom. The number of aromatic nitrogens is 3. The molecule has 7 heteroatoms.